The van der Waals surface area contributed by atoms with Crippen molar-refractivity contribution < 1.29 is 14.7 Å². The first-order valence-corrected chi connectivity index (χ1v) is 5.71. The van der Waals surface area contributed by atoms with Gasteiger partial charge in [-0.2, -0.15) is 0 Å². The molecule has 0 bridgehead atoms. The summed E-state index contributed by atoms with van der Waals surface area (Å²) in [6, 6.07) is 0.764. The van der Waals surface area contributed by atoms with Gasteiger partial charge >= 0.3 is 5.97 Å². The van der Waals surface area contributed by atoms with Crippen LogP contribution in [0.2, 0.25) is 0 Å². The maximum Gasteiger partial charge on any atom is 0.326 e. The molecule has 0 unspecified atom stereocenters. The van der Waals surface area contributed by atoms with Crippen molar-refractivity contribution in [2.45, 2.75) is 25.8 Å². The van der Waals surface area contributed by atoms with E-state index < -0.39 is 17.9 Å². The molecule has 3 N–H and O–H groups in total. The molecule has 0 saturated carbocycles. The van der Waals surface area contributed by atoms with Gasteiger partial charge in [-0.05, 0) is 28.4 Å². The van der Waals surface area contributed by atoms with Gasteiger partial charge in [0.1, 0.15) is 11.7 Å². The molecule has 1 aromatic heterocycles. The highest BCUT2D eigenvalue weighted by molar-refractivity contribution is 9.10. The quantitative estimate of drug-likeness (QED) is 0.772. The smallest absolute Gasteiger partial charge is 0.326 e. The lowest BCUT2D eigenvalue weighted by atomic mass is 10.1. The first-order chi connectivity index (χ1) is 7.54. The van der Waals surface area contributed by atoms with Crippen molar-refractivity contribution in [3.63, 3.8) is 0 Å². The Hall–Kier alpha value is -1.30. The molecule has 0 aromatic carbocycles. The second kappa shape index (κ2) is 5.69. The van der Waals surface area contributed by atoms with Gasteiger partial charge in [0.25, 0.3) is 5.91 Å². The average Bonchev–Trinajstić information content (AvgIpc) is 2.64. The molecule has 1 amide bonds. The fraction of sp³-hybridized carbons (Fsp3) is 0.400. The van der Waals surface area contributed by atoms with Crippen molar-refractivity contribution in [2.24, 2.45) is 0 Å². The van der Waals surface area contributed by atoms with Crippen LogP contribution in [0.25, 0.3) is 0 Å². The minimum Gasteiger partial charge on any atom is -0.480 e. The van der Waals surface area contributed by atoms with E-state index >= 15 is 0 Å². The molecule has 1 rings (SSSR count). The number of aromatic amines is 1. The number of hydrogen-bond acceptors (Lipinski definition) is 2. The van der Waals surface area contributed by atoms with Crippen LogP contribution in [0.5, 0.6) is 0 Å². The summed E-state index contributed by atoms with van der Waals surface area (Å²) in [7, 11) is 0. The van der Waals surface area contributed by atoms with Crippen LogP contribution in [-0.2, 0) is 4.79 Å². The molecule has 0 spiro atoms. The summed E-state index contributed by atoms with van der Waals surface area (Å²) in [6.45, 7) is 1.87. The standard InChI is InChI=1S/C10H13BrN2O3/c1-2-3-7(10(15)16)13-9(14)8-4-6(11)5-12-8/h4-5,7,12H,2-3H2,1H3,(H,13,14)(H,15,16)/t7-/m0/s1. The summed E-state index contributed by atoms with van der Waals surface area (Å²) in [4.78, 5) is 25.2. The molecule has 0 aliphatic carbocycles. The predicted molar refractivity (Wildman–Crippen MR) is 62.3 cm³/mol. The van der Waals surface area contributed by atoms with E-state index in [1.807, 2.05) is 6.92 Å². The SMILES string of the molecule is CCC[C@H](NC(=O)c1cc(Br)c[nH]1)C(=O)O. The van der Waals surface area contributed by atoms with Gasteiger partial charge in [0, 0.05) is 10.7 Å². The van der Waals surface area contributed by atoms with E-state index in [1.54, 1.807) is 12.3 Å². The van der Waals surface area contributed by atoms with E-state index in [-0.39, 0.29) is 0 Å². The van der Waals surface area contributed by atoms with Crippen LogP contribution in [0, 0.1) is 0 Å². The van der Waals surface area contributed by atoms with E-state index in [4.69, 9.17) is 5.11 Å². The maximum absolute atomic E-state index is 11.6. The summed E-state index contributed by atoms with van der Waals surface area (Å²) in [5.41, 5.74) is 0.342. The summed E-state index contributed by atoms with van der Waals surface area (Å²) in [6.07, 6.45) is 2.74. The van der Waals surface area contributed by atoms with Crippen molar-refractivity contribution in [1.29, 1.82) is 0 Å². The lowest BCUT2D eigenvalue weighted by molar-refractivity contribution is -0.139. The largest absolute Gasteiger partial charge is 0.480 e. The van der Waals surface area contributed by atoms with Crippen molar-refractivity contribution in [3.8, 4) is 0 Å². The van der Waals surface area contributed by atoms with E-state index in [0.717, 1.165) is 4.47 Å². The third kappa shape index (κ3) is 3.37. The minimum atomic E-state index is -1.01. The number of carboxylic acids is 1. The van der Waals surface area contributed by atoms with Gasteiger partial charge in [-0.25, -0.2) is 4.79 Å². The first kappa shape index (κ1) is 12.8. The molecule has 1 atom stereocenters. The van der Waals surface area contributed by atoms with Gasteiger partial charge in [-0.15, -0.1) is 0 Å². The number of carbonyl (C=O) groups excluding carboxylic acids is 1. The van der Waals surface area contributed by atoms with Crippen LogP contribution in [0.3, 0.4) is 0 Å². The number of hydrogen-bond donors (Lipinski definition) is 3. The third-order valence-corrected chi connectivity index (χ3v) is 2.53. The Morgan fingerprint density at radius 3 is 2.75 bits per heavy atom. The van der Waals surface area contributed by atoms with Crippen molar-refractivity contribution in [1.82, 2.24) is 10.3 Å². The van der Waals surface area contributed by atoms with Crippen molar-refractivity contribution >= 4 is 27.8 Å². The Labute approximate surface area is 101 Å². The highest BCUT2D eigenvalue weighted by Gasteiger charge is 2.20. The zero-order valence-corrected chi connectivity index (χ0v) is 10.4. The number of amides is 1. The Kier molecular flexibility index (Phi) is 4.54. The zero-order valence-electron chi connectivity index (χ0n) is 8.79. The number of aliphatic carboxylic acids is 1. The summed E-state index contributed by atoms with van der Waals surface area (Å²) >= 11 is 3.20. The third-order valence-electron chi connectivity index (χ3n) is 2.07. The van der Waals surface area contributed by atoms with Gasteiger partial charge in [0.2, 0.25) is 0 Å². The molecule has 6 heteroatoms. The number of nitrogens with one attached hydrogen (secondary N) is 2. The fourth-order valence-corrected chi connectivity index (χ4v) is 1.62. The van der Waals surface area contributed by atoms with E-state index in [2.05, 4.69) is 26.2 Å². The molecule has 5 nitrogen and oxygen atoms in total. The van der Waals surface area contributed by atoms with Crippen LogP contribution in [0.4, 0.5) is 0 Å². The first-order valence-electron chi connectivity index (χ1n) is 4.92. The van der Waals surface area contributed by atoms with E-state index in [0.29, 0.717) is 18.5 Å². The highest BCUT2D eigenvalue weighted by Crippen LogP contribution is 2.10. The highest BCUT2D eigenvalue weighted by atomic mass is 79.9. The maximum atomic E-state index is 11.6. The monoisotopic (exact) mass is 288 g/mol. The lowest BCUT2D eigenvalue weighted by Crippen LogP contribution is -2.40. The van der Waals surface area contributed by atoms with Crippen LogP contribution < -0.4 is 5.32 Å². The molecule has 0 saturated heterocycles. The Balaban J connectivity index is 2.65. The Bertz CT molecular complexity index is 389. The van der Waals surface area contributed by atoms with Gasteiger partial charge in [-0.3, -0.25) is 4.79 Å². The van der Waals surface area contributed by atoms with Gasteiger partial charge in [0.05, 0.1) is 0 Å². The molecular weight excluding hydrogens is 276 g/mol. The van der Waals surface area contributed by atoms with Gasteiger partial charge < -0.3 is 15.4 Å². The number of carbonyl (C=O) groups is 2. The van der Waals surface area contributed by atoms with Crippen molar-refractivity contribution in [3.05, 3.63) is 22.4 Å². The molecule has 1 aromatic rings. The number of halogens is 1. The topological polar surface area (TPSA) is 82.2 Å². The summed E-state index contributed by atoms with van der Waals surface area (Å²) in [5, 5.41) is 11.3. The lowest BCUT2D eigenvalue weighted by Gasteiger charge is -2.12. The molecular formula is C10H13BrN2O3. The fourth-order valence-electron chi connectivity index (χ4n) is 1.28. The molecule has 0 aliphatic heterocycles. The van der Waals surface area contributed by atoms with Crippen LogP contribution >= 0.6 is 15.9 Å². The van der Waals surface area contributed by atoms with Gasteiger partial charge in [-0.1, -0.05) is 13.3 Å². The zero-order chi connectivity index (χ0) is 12.1. The van der Waals surface area contributed by atoms with Gasteiger partial charge in [0.15, 0.2) is 0 Å². The number of aromatic nitrogens is 1. The number of carboxylic acid groups (broad SMARTS) is 1. The second-order valence-electron chi connectivity index (χ2n) is 3.38. The minimum absolute atomic E-state index is 0.342. The number of rotatable bonds is 5. The predicted octanol–water partition coefficient (Wildman–Crippen LogP) is 1.76. The summed E-state index contributed by atoms with van der Waals surface area (Å²) in [5.74, 6) is -1.42. The van der Waals surface area contributed by atoms with Crippen molar-refractivity contribution in [2.75, 3.05) is 0 Å². The molecule has 0 aliphatic rings. The summed E-state index contributed by atoms with van der Waals surface area (Å²) < 4.78 is 0.750. The molecule has 88 valence electrons. The Morgan fingerprint density at radius 2 is 2.31 bits per heavy atom. The second-order valence-corrected chi connectivity index (χ2v) is 4.30. The van der Waals surface area contributed by atoms with Crippen LogP contribution in [-0.4, -0.2) is 28.0 Å². The van der Waals surface area contributed by atoms with E-state index in [1.165, 1.54) is 0 Å². The normalized spacial score (nSPS) is 12.1. The average molecular weight is 289 g/mol. The van der Waals surface area contributed by atoms with E-state index in [9.17, 15) is 9.59 Å². The van der Waals surface area contributed by atoms with Crippen LogP contribution in [0.1, 0.15) is 30.3 Å². The molecule has 1 heterocycles. The van der Waals surface area contributed by atoms with Crippen LogP contribution in [0.15, 0.2) is 16.7 Å². The molecule has 0 fully saturated rings. The molecule has 16 heavy (non-hydrogen) atoms. The molecule has 0 radical (unpaired) electrons. The number of H-pyrrole nitrogens is 1. The Morgan fingerprint density at radius 1 is 1.62 bits per heavy atom.